The third-order valence-electron chi connectivity index (χ3n) is 1.82. The zero-order chi connectivity index (χ0) is 8.85. The molecule has 0 aliphatic rings. The second kappa shape index (κ2) is 5.13. The van der Waals surface area contributed by atoms with Gasteiger partial charge in [-0.15, -0.1) is 0 Å². The van der Waals surface area contributed by atoms with Crippen molar-refractivity contribution in [3.8, 4) is 0 Å². The Kier molecular flexibility index (Phi) is 4.86. The van der Waals surface area contributed by atoms with E-state index in [4.69, 9.17) is 0 Å². The Hall–Kier alpha value is -0.570. The van der Waals surface area contributed by atoms with Crippen LogP contribution in [0.15, 0.2) is 0 Å². The highest BCUT2D eigenvalue weighted by Gasteiger charge is 2.11. The molecule has 11 heavy (non-hydrogen) atoms. The number of carbonyl (C=O) groups is 1. The van der Waals surface area contributed by atoms with Gasteiger partial charge in [-0.05, 0) is 13.3 Å². The van der Waals surface area contributed by atoms with Crippen molar-refractivity contribution in [3.05, 3.63) is 0 Å². The fourth-order valence-electron chi connectivity index (χ4n) is 0.931. The summed E-state index contributed by atoms with van der Waals surface area (Å²) in [7, 11) is 0. The summed E-state index contributed by atoms with van der Waals surface area (Å²) in [6, 6.07) is 0. The van der Waals surface area contributed by atoms with Gasteiger partial charge in [0.25, 0.3) is 0 Å². The van der Waals surface area contributed by atoms with Gasteiger partial charge in [-0.25, -0.2) is 0 Å². The third-order valence-corrected chi connectivity index (χ3v) is 1.82. The molecule has 1 amide bonds. The number of amides is 1. The molecule has 0 aromatic carbocycles. The Balaban J connectivity index is 3.61. The fraction of sp³-hybridized carbons (Fsp3) is 0.875. The van der Waals surface area contributed by atoms with E-state index in [0.29, 0.717) is 6.54 Å². The summed E-state index contributed by atoms with van der Waals surface area (Å²) in [5.74, 6) is 0.142. The summed E-state index contributed by atoms with van der Waals surface area (Å²) in [6.07, 6.45) is 0.546. The smallest absolute Gasteiger partial charge is 0.216 e. The molecule has 0 heterocycles. The van der Waals surface area contributed by atoms with Gasteiger partial charge < -0.3 is 10.4 Å². The van der Waals surface area contributed by atoms with Gasteiger partial charge in [-0.1, -0.05) is 6.92 Å². The van der Waals surface area contributed by atoms with E-state index in [1.807, 2.05) is 6.92 Å². The standard InChI is InChI=1S/C8H17NO2/c1-4-8(6(2)10)5-9-7(3)11/h6,8,10H,4-5H2,1-3H3,(H,9,11). The second-order valence-corrected chi connectivity index (χ2v) is 2.85. The van der Waals surface area contributed by atoms with E-state index >= 15 is 0 Å². The van der Waals surface area contributed by atoms with Gasteiger partial charge in [-0.3, -0.25) is 4.79 Å². The van der Waals surface area contributed by atoms with E-state index in [2.05, 4.69) is 5.32 Å². The Morgan fingerprint density at radius 3 is 2.45 bits per heavy atom. The van der Waals surface area contributed by atoms with E-state index in [9.17, 15) is 9.90 Å². The minimum atomic E-state index is -0.341. The van der Waals surface area contributed by atoms with E-state index in [1.165, 1.54) is 6.92 Å². The summed E-state index contributed by atoms with van der Waals surface area (Å²) in [6.45, 7) is 5.80. The summed E-state index contributed by atoms with van der Waals surface area (Å²) in [5.41, 5.74) is 0. The zero-order valence-corrected chi connectivity index (χ0v) is 7.42. The Labute approximate surface area is 67.8 Å². The van der Waals surface area contributed by atoms with Crippen LogP contribution in [-0.2, 0) is 4.79 Å². The van der Waals surface area contributed by atoms with Crippen molar-refractivity contribution >= 4 is 5.91 Å². The van der Waals surface area contributed by atoms with Crippen LogP contribution in [0.5, 0.6) is 0 Å². The number of hydrogen-bond donors (Lipinski definition) is 2. The molecule has 0 radical (unpaired) electrons. The molecule has 0 aromatic rings. The molecule has 3 nitrogen and oxygen atoms in total. The molecule has 3 heteroatoms. The predicted molar refractivity (Wildman–Crippen MR) is 44.1 cm³/mol. The molecule has 66 valence electrons. The van der Waals surface area contributed by atoms with Crippen molar-refractivity contribution in [1.82, 2.24) is 5.32 Å². The van der Waals surface area contributed by atoms with Crippen LogP contribution in [0, 0.1) is 5.92 Å². The number of nitrogens with one attached hydrogen (secondary N) is 1. The summed E-state index contributed by atoms with van der Waals surface area (Å²) in [5, 5.41) is 11.9. The molecule has 0 fully saturated rings. The number of aliphatic hydroxyl groups excluding tert-OH is 1. The third kappa shape index (κ3) is 4.79. The largest absolute Gasteiger partial charge is 0.393 e. The highest BCUT2D eigenvalue weighted by molar-refractivity contribution is 5.72. The van der Waals surface area contributed by atoms with Crippen LogP contribution < -0.4 is 5.32 Å². The molecule has 0 aliphatic heterocycles. The summed E-state index contributed by atoms with van der Waals surface area (Å²) < 4.78 is 0. The van der Waals surface area contributed by atoms with Crippen LogP contribution >= 0.6 is 0 Å². The highest BCUT2D eigenvalue weighted by Crippen LogP contribution is 2.06. The molecule has 0 aromatic heterocycles. The van der Waals surface area contributed by atoms with Gasteiger partial charge in [0.1, 0.15) is 0 Å². The lowest BCUT2D eigenvalue weighted by molar-refractivity contribution is -0.119. The first kappa shape index (κ1) is 10.4. The SMILES string of the molecule is CCC(CNC(C)=O)C(C)O. The zero-order valence-electron chi connectivity index (χ0n) is 7.42. The van der Waals surface area contributed by atoms with Gasteiger partial charge in [-0.2, -0.15) is 0 Å². The topological polar surface area (TPSA) is 49.3 Å². The fourth-order valence-corrected chi connectivity index (χ4v) is 0.931. The number of aliphatic hydroxyl groups is 1. The molecular weight excluding hydrogens is 142 g/mol. The average molecular weight is 159 g/mol. The van der Waals surface area contributed by atoms with Gasteiger partial charge in [0.15, 0.2) is 0 Å². The van der Waals surface area contributed by atoms with Gasteiger partial charge >= 0.3 is 0 Å². The van der Waals surface area contributed by atoms with Crippen molar-refractivity contribution in [3.63, 3.8) is 0 Å². The summed E-state index contributed by atoms with van der Waals surface area (Å²) in [4.78, 5) is 10.5. The van der Waals surface area contributed by atoms with Crippen LogP contribution in [-0.4, -0.2) is 23.7 Å². The lowest BCUT2D eigenvalue weighted by Crippen LogP contribution is -2.32. The van der Waals surface area contributed by atoms with Crippen molar-refractivity contribution in [2.75, 3.05) is 6.54 Å². The molecule has 0 aliphatic carbocycles. The van der Waals surface area contributed by atoms with Crippen LogP contribution in [0.25, 0.3) is 0 Å². The molecular formula is C8H17NO2. The second-order valence-electron chi connectivity index (χ2n) is 2.85. The lowest BCUT2D eigenvalue weighted by Gasteiger charge is -2.17. The first-order chi connectivity index (χ1) is 5.07. The maximum Gasteiger partial charge on any atom is 0.216 e. The molecule has 2 N–H and O–H groups in total. The molecule has 0 bridgehead atoms. The van der Waals surface area contributed by atoms with Crippen LogP contribution in [0.2, 0.25) is 0 Å². The average Bonchev–Trinajstić information content (AvgIpc) is 1.87. The van der Waals surface area contributed by atoms with Crippen molar-refractivity contribution in [2.24, 2.45) is 5.92 Å². The monoisotopic (exact) mass is 159 g/mol. The quantitative estimate of drug-likeness (QED) is 0.628. The Morgan fingerprint density at radius 2 is 2.18 bits per heavy atom. The van der Waals surface area contributed by atoms with Gasteiger partial charge in [0, 0.05) is 19.4 Å². The molecule has 0 saturated carbocycles. The van der Waals surface area contributed by atoms with E-state index in [1.54, 1.807) is 6.92 Å². The first-order valence-electron chi connectivity index (χ1n) is 4.00. The van der Waals surface area contributed by atoms with E-state index in [-0.39, 0.29) is 17.9 Å². The van der Waals surface area contributed by atoms with Crippen molar-refractivity contribution in [2.45, 2.75) is 33.3 Å². The summed E-state index contributed by atoms with van der Waals surface area (Å²) >= 11 is 0. The number of rotatable bonds is 4. The number of hydrogen-bond acceptors (Lipinski definition) is 2. The molecule has 0 rings (SSSR count). The van der Waals surface area contributed by atoms with E-state index in [0.717, 1.165) is 6.42 Å². The van der Waals surface area contributed by atoms with Gasteiger partial charge in [0.05, 0.1) is 6.10 Å². The predicted octanol–water partition coefficient (Wildman–Crippen LogP) is 0.529. The van der Waals surface area contributed by atoms with Crippen LogP contribution in [0.4, 0.5) is 0 Å². The lowest BCUT2D eigenvalue weighted by atomic mass is 10.0. The van der Waals surface area contributed by atoms with Crippen molar-refractivity contribution < 1.29 is 9.90 Å². The normalized spacial score (nSPS) is 15.6. The maximum absolute atomic E-state index is 10.5. The molecule has 0 spiro atoms. The molecule has 0 saturated heterocycles. The Morgan fingerprint density at radius 1 is 1.64 bits per heavy atom. The van der Waals surface area contributed by atoms with E-state index < -0.39 is 0 Å². The first-order valence-corrected chi connectivity index (χ1v) is 4.00. The Bertz CT molecular complexity index is 123. The van der Waals surface area contributed by atoms with Gasteiger partial charge in [0.2, 0.25) is 5.91 Å². The number of carbonyl (C=O) groups excluding carboxylic acids is 1. The maximum atomic E-state index is 10.5. The minimum Gasteiger partial charge on any atom is -0.393 e. The van der Waals surface area contributed by atoms with Crippen LogP contribution in [0.1, 0.15) is 27.2 Å². The molecule has 2 atom stereocenters. The van der Waals surface area contributed by atoms with Crippen LogP contribution in [0.3, 0.4) is 0 Å². The molecule has 2 unspecified atom stereocenters. The highest BCUT2D eigenvalue weighted by atomic mass is 16.3. The minimum absolute atomic E-state index is 0.0379. The van der Waals surface area contributed by atoms with Crippen molar-refractivity contribution in [1.29, 1.82) is 0 Å².